The molecular weight excluding hydrogens is 319 g/mol. The molecule has 1 aromatic rings. The Morgan fingerprint density at radius 1 is 1.12 bits per heavy atom. The molecule has 0 aromatic heterocycles. The van der Waals surface area contributed by atoms with Gasteiger partial charge in [-0.05, 0) is 24.0 Å². The van der Waals surface area contributed by atoms with Crippen LogP contribution in [-0.4, -0.2) is 31.8 Å². The minimum Gasteiger partial charge on any atom is -0.367 e. The van der Waals surface area contributed by atoms with Crippen LogP contribution in [0.5, 0.6) is 0 Å². The molecule has 7 heteroatoms. The zero-order valence-electron chi connectivity index (χ0n) is 14.6. The average Bonchev–Trinajstić information content (AvgIpc) is 2.51. The molecular formula is C17H26F3N3O. The first-order valence-electron chi connectivity index (χ1n) is 7.90. The number of nitrogens with zero attached hydrogens (tertiary/aromatic N) is 1. The van der Waals surface area contributed by atoms with Crippen molar-refractivity contribution in [3.8, 4) is 0 Å². The van der Waals surface area contributed by atoms with Gasteiger partial charge >= 0.3 is 6.18 Å². The minimum atomic E-state index is -4.29. The zero-order valence-corrected chi connectivity index (χ0v) is 14.6. The molecule has 2 N–H and O–H groups in total. The van der Waals surface area contributed by atoms with E-state index in [2.05, 4.69) is 41.1 Å². The van der Waals surface area contributed by atoms with E-state index in [4.69, 9.17) is 0 Å². The highest BCUT2D eigenvalue weighted by molar-refractivity contribution is 5.79. The van der Waals surface area contributed by atoms with Crippen LogP contribution in [0.25, 0.3) is 0 Å². The number of guanidine groups is 1. The van der Waals surface area contributed by atoms with E-state index in [1.54, 1.807) is 19.2 Å². The Morgan fingerprint density at radius 3 is 2.21 bits per heavy atom. The number of hydrogen-bond donors (Lipinski definition) is 2. The molecule has 0 saturated carbocycles. The molecule has 136 valence electrons. The second-order valence-electron chi connectivity index (χ2n) is 6.03. The first-order chi connectivity index (χ1) is 11.2. The van der Waals surface area contributed by atoms with Gasteiger partial charge in [-0.2, -0.15) is 13.2 Å². The smallest absolute Gasteiger partial charge is 0.367 e. The van der Waals surface area contributed by atoms with Crippen LogP contribution in [0.1, 0.15) is 31.9 Å². The number of hydrogen-bond acceptors (Lipinski definition) is 2. The van der Waals surface area contributed by atoms with Crippen LogP contribution in [0.15, 0.2) is 29.3 Å². The van der Waals surface area contributed by atoms with E-state index in [-0.39, 0.29) is 6.61 Å². The van der Waals surface area contributed by atoms with Gasteiger partial charge < -0.3 is 15.4 Å². The molecule has 0 saturated heterocycles. The lowest BCUT2D eigenvalue weighted by Crippen LogP contribution is -2.43. The fraction of sp³-hybridized carbons (Fsp3) is 0.588. The standard InChI is InChI=1S/C17H26F3N3O/c1-12(2)13(3)23-16(21-4)22-9-14-5-7-15(8-6-14)10-24-11-17(18,19)20/h5-8,12-13H,9-11H2,1-4H3,(H2,21,22,23). The predicted octanol–water partition coefficient (Wildman–Crippen LogP) is 3.48. The predicted molar refractivity (Wildman–Crippen MR) is 89.8 cm³/mol. The van der Waals surface area contributed by atoms with E-state index in [1.165, 1.54) is 0 Å². The third kappa shape index (κ3) is 8.19. The summed E-state index contributed by atoms with van der Waals surface area (Å²) < 4.78 is 40.7. The maximum atomic E-state index is 12.0. The quantitative estimate of drug-likeness (QED) is 0.587. The van der Waals surface area contributed by atoms with Gasteiger partial charge in [0.1, 0.15) is 6.61 Å². The molecule has 0 heterocycles. The normalized spacial score (nSPS) is 13.9. The van der Waals surface area contributed by atoms with Crippen molar-refractivity contribution in [2.75, 3.05) is 13.7 Å². The molecule has 0 bridgehead atoms. The highest BCUT2D eigenvalue weighted by Gasteiger charge is 2.27. The number of nitrogens with one attached hydrogen (secondary N) is 2. The number of rotatable bonds is 7. The van der Waals surface area contributed by atoms with Crippen molar-refractivity contribution >= 4 is 5.96 Å². The fourth-order valence-electron chi connectivity index (χ4n) is 1.80. The van der Waals surface area contributed by atoms with E-state index in [0.717, 1.165) is 5.56 Å². The van der Waals surface area contributed by atoms with Crippen LogP contribution in [0, 0.1) is 5.92 Å². The molecule has 0 aliphatic rings. The summed E-state index contributed by atoms with van der Waals surface area (Å²) >= 11 is 0. The summed E-state index contributed by atoms with van der Waals surface area (Å²) in [6, 6.07) is 7.54. The summed E-state index contributed by atoms with van der Waals surface area (Å²) in [6.45, 7) is 5.64. The molecule has 0 aliphatic carbocycles. The lowest BCUT2D eigenvalue weighted by Gasteiger charge is -2.20. The number of ether oxygens (including phenoxy) is 1. The molecule has 0 spiro atoms. The van der Waals surface area contributed by atoms with Gasteiger partial charge in [0, 0.05) is 19.6 Å². The highest BCUT2D eigenvalue weighted by Crippen LogP contribution is 2.15. The molecule has 0 amide bonds. The van der Waals surface area contributed by atoms with Gasteiger partial charge in [0.05, 0.1) is 6.61 Å². The Bertz CT molecular complexity index is 513. The Balaban J connectivity index is 2.43. The van der Waals surface area contributed by atoms with Crippen molar-refractivity contribution in [2.45, 2.75) is 46.1 Å². The zero-order chi connectivity index (χ0) is 18.2. The van der Waals surface area contributed by atoms with Crippen molar-refractivity contribution < 1.29 is 17.9 Å². The number of aliphatic imine (C=N–C) groups is 1. The van der Waals surface area contributed by atoms with E-state index >= 15 is 0 Å². The second kappa shape index (κ2) is 9.52. The maximum absolute atomic E-state index is 12.0. The topological polar surface area (TPSA) is 45.7 Å². The van der Waals surface area contributed by atoms with Crippen LogP contribution in [0.4, 0.5) is 13.2 Å². The summed E-state index contributed by atoms with van der Waals surface area (Å²) in [4.78, 5) is 4.17. The Hall–Kier alpha value is -1.76. The minimum absolute atomic E-state index is 0.0532. The van der Waals surface area contributed by atoms with Gasteiger partial charge in [-0.1, -0.05) is 38.1 Å². The molecule has 1 aromatic carbocycles. The van der Waals surface area contributed by atoms with E-state index in [0.29, 0.717) is 30.0 Å². The van der Waals surface area contributed by atoms with Gasteiger partial charge in [-0.25, -0.2) is 0 Å². The molecule has 1 atom stereocenters. The van der Waals surface area contributed by atoms with Gasteiger partial charge in [0.25, 0.3) is 0 Å². The molecule has 0 fully saturated rings. The van der Waals surface area contributed by atoms with E-state index in [9.17, 15) is 13.2 Å². The Labute approximate surface area is 141 Å². The third-order valence-electron chi connectivity index (χ3n) is 3.61. The maximum Gasteiger partial charge on any atom is 0.411 e. The Kier molecular flexibility index (Phi) is 8.04. The third-order valence-corrected chi connectivity index (χ3v) is 3.61. The number of benzene rings is 1. The van der Waals surface area contributed by atoms with Crippen LogP contribution < -0.4 is 10.6 Å². The summed E-state index contributed by atoms with van der Waals surface area (Å²) in [7, 11) is 1.71. The molecule has 24 heavy (non-hydrogen) atoms. The SMILES string of the molecule is CN=C(NCc1ccc(COCC(F)(F)F)cc1)NC(C)C(C)C. The first kappa shape index (κ1) is 20.3. The number of alkyl halides is 3. The highest BCUT2D eigenvalue weighted by atomic mass is 19.4. The lowest BCUT2D eigenvalue weighted by atomic mass is 10.1. The monoisotopic (exact) mass is 345 g/mol. The molecule has 0 radical (unpaired) electrons. The fourth-order valence-corrected chi connectivity index (χ4v) is 1.80. The van der Waals surface area contributed by atoms with Gasteiger partial charge in [-0.15, -0.1) is 0 Å². The molecule has 1 rings (SSSR count). The van der Waals surface area contributed by atoms with Crippen molar-refractivity contribution in [1.29, 1.82) is 0 Å². The second-order valence-corrected chi connectivity index (χ2v) is 6.03. The largest absolute Gasteiger partial charge is 0.411 e. The van der Waals surface area contributed by atoms with E-state index in [1.807, 2.05) is 12.1 Å². The van der Waals surface area contributed by atoms with Gasteiger partial charge in [0.2, 0.25) is 0 Å². The first-order valence-corrected chi connectivity index (χ1v) is 7.90. The molecule has 4 nitrogen and oxygen atoms in total. The number of halogens is 3. The van der Waals surface area contributed by atoms with Crippen molar-refractivity contribution in [1.82, 2.24) is 10.6 Å². The molecule has 0 aliphatic heterocycles. The summed E-state index contributed by atoms with van der Waals surface area (Å²) in [5.41, 5.74) is 1.72. The lowest BCUT2D eigenvalue weighted by molar-refractivity contribution is -0.176. The average molecular weight is 345 g/mol. The summed E-state index contributed by atoms with van der Waals surface area (Å²) in [5, 5.41) is 6.51. The summed E-state index contributed by atoms with van der Waals surface area (Å²) in [5.74, 6) is 1.20. The van der Waals surface area contributed by atoms with Crippen LogP contribution >= 0.6 is 0 Å². The van der Waals surface area contributed by atoms with Gasteiger partial charge in [0.15, 0.2) is 5.96 Å². The van der Waals surface area contributed by atoms with Crippen LogP contribution in [0.3, 0.4) is 0 Å². The van der Waals surface area contributed by atoms with Crippen molar-refractivity contribution in [3.63, 3.8) is 0 Å². The Morgan fingerprint density at radius 2 is 1.71 bits per heavy atom. The van der Waals surface area contributed by atoms with Crippen molar-refractivity contribution in [3.05, 3.63) is 35.4 Å². The van der Waals surface area contributed by atoms with Gasteiger partial charge in [-0.3, -0.25) is 4.99 Å². The van der Waals surface area contributed by atoms with Crippen molar-refractivity contribution in [2.24, 2.45) is 10.9 Å². The van der Waals surface area contributed by atoms with E-state index < -0.39 is 12.8 Å². The molecule has 1 unspecified atom stereocenters. The van der Waals surface area contributed by atoms with Crippen LogP contribution in [0.2, 0.25) is 0 Å². The van der Waals surface area contributed by atoms with Crippen LogP contribution in [-0.2, 0) is 17.9 Å². The summed E-state index contributed by atoms with van der Waals surface area (Å²) in [6.07, 6.45) is -4.29.